The van der Waals surface area contributed by atoms with Crippen molar-refractivity contribution >= 4 is 28.4 Å². The molecule has 0 atom stereocenters. The van der Waals surface area contributed by atoms with Gasteiger partial charge in [-0.1, -0.05) is 28.7 Å². The average Bonchev–Trinajstić information content (AvgIpc) is 1.88. The topological polar surface area (TPSA) is 38.9 Å². The molecule has 1 aromatic rings. The molecule has 0 unspecified atom stereocenters. The minimum atomic E-state index is 0.661. The molecule has 3 heteroatoms. The van der Waals surface area contributed by atoms with Crippen LogP contribution in [0.4, 0.5) is 5.82 Å². The van der Waals surface area contributed by atoms with Crippen LogP contribution in [0.3, 0.4) is 0 Å². The molecule has 0 aliphatic rings. The molecule has 54 valence electrons. The van der Waals surface area contributed by atoms with Crippen LogP contribution in [-0.4, -0.2) is 4.98 Å². The maximum atomic E-state index is 5.62. The number of hydrogen-bond donors (Lipinski definition) is 1. The first-order valence-electron chi connectivity index (χ1n) is 3.02. The van der Waals surface area contributed by atoms with Gasteiger partial charge in [-0.25, -0.2) is 4.98 Å². The number of nitrogen functional groups attached to an aromatic ring is 1. The Bertz CT molecular complexity index is 235. The molecule has 0 radical (unpaired) electrons. The molecule has 2 N–H and O–H groups in total. The van der Waals surface area contributed by atoms with E-state index in [0.717, 1.165) is 15.7 Å². The number of alkyl halides is 1. The van der Waals surface area contributed by atoms with Crippen LogP contribution in [0.5, 0.6) is 0 Å². The SMILES string of the molecule is Cc1ccc(CI)c(N)n1. The highest BCUT2D eigenvalue weighted by Gasteiger charge is 1.96. The molecule has 0 aliphatic heterocycles. The van der Waals surface area contributed by atoms with Crippen molar-refractivity contribution in [2.24, 2.45) is 0 Å². The zero-order valence-electron chi connectivity index (χ0n) is 5.76. The summed E-state index contributed by atoms with van der Waals surface area (Å²) < 4.78 is 0.927. The number of aromatic nitrogens is 1. The largest absolute Gasteiger partial charge is 0.383 e. The monoisotopic (exact) mass is 248 g/mol. The zero-order valence-corrected chi connectivity index (χ0v) is 7.92. The van der Waals surface area contributed by atoms with Crippen LogP contribution < -0.4 is 5.73 Å². The second kappa shape index (κ2) is 3.18. The summed E-state index contributed by atoms with van der Waals surface area (Å²) in [6.45, 7) is 1.94. The summed E-state index contributed by atoms with van der Waals surface area (Å²) in [6.07, 6.45) is 0. The van der Waals surface area contributed by atoms with Crippen molar-refractivity contribution < 1.29 is 0 Å². The second-order valence-electron chi connectivity index (χ2n) is 2.13. The van der Waals surface area contributed by atoms with Crippen LogP contribution in [-0.2, 0) is 4.43 Å². The van der Waals surface area contributed by atoms with E-state index in [-0.39, 0.29) is 0 Å². The van der Waals surface area contributed by atoms with E-state index in [1.165, 1.54) is 0 Å². The third-order valence-electron chi connectivity index (χ3n) is 1.30. The highest BCUT2D eigenvalue weighted by molar-refractivity contribution is 14.1. The molecule has 0 aliphatic carbocycles. The highest BCUT2D eigenvalue weighted by atomic mass is 127. The minimum absolute atomic E-state index is 0.661. The molecule has 0 amide bonds. The summed E-state index contributed by atoms with van der Waals surface area (Å²) in [5.41, 5.74) is 7.71. The molecule has 0 saturated heterocycles. The fraction of sp³-hybridized carbons (Fsp3) is 0.286. The lowest BCUT2D eigenvalue weighted by Crippen LogP contribution is -1.96. The Hall–Kier alpha value is -0.320. The fourth-order valence-corrected chi connectivity index (χ4v) is 1.36. The van der Waals surface area contributed by atoms with Gasteiger partial charge in [0.15, 0.2) is 0 Å². The van der Waals surface area contributed by atoms with Crippen LogP contribution in [0.1, 0.15) is 11.3 Å². The molecule has 0 bridgehead atoms. The van der Waals surface area contributed by atoms with Crippen LogP contribution in [0.25, 0.3) is 0 Å². The van der Waals surface area contributed by atoms with Crippen molar-refractivity contribution in [3.05, 3.63) is 23.4 Å². The predicted octanol–water partition coefficient (Wildman–Crippen LogP) is 1.91. The van der Waals surface area contributed by atoms with Gasteiger partial charge in [-0.05, 0) is 13.0 Å². The van der Waals surface area contributed by atoms with Crippen molar-refractivity contribution in [3.8, 4) is 0 Å². The van der Waals surface area contributed by atoms with E-state index in [4.69, 9.17) is 5.73 Å². The third kappa shape index (κ3) is 1.59. The van der Waals surface area contributed by atoms with Gasteiger partial charge in [0.05, 0.1) is 0 Å². The first-order chi connectivity index (χ1) is 4.74. The molecule has 1 rings (SSSR count). The molecule has 0 spiro atoms. The quantitative estimate of drug-likeness (QED) is 0.609. The summed E-state index contributed by atoms with van der Waals surface area (Å²) >= 11 is 2.27. The highest BCUT2D eigenvalue weighted by Crippen LogP contribution is 2.12. The van der Waals surface area contributed by atoms with E-state index in [1.54, 1.807) is 0 Å². The molecule has 2 nitrogen and oxygen atoms in total. The normalized spacial score (nSPS) is 9.80. The molecule has 1 aromatic heterocycles. The zero-order chi connectivity index (χ0) is 7.56. The number of aryl methyl sites for hydroxylation is 1. The fourth-order valence-electron chi connectivity index (χ4n) is 0.719. The van der Waals surface area contributed by atoms with E-state index in [0.29, 0.717) is 5.82 Å². The maximum Gasteiger partial charge on any atom is 0.127 e. The van der Waals surface area contributed by atoms with Gasteiger partial charge < -0.3 is 5.73 Å². The van der Waals surface area contributed by atoms with Crippen molar-refractivity contribution in [1.29, 1.82) is 0 Å². The van der Waals surface area contributed by atoms with E-state index in [2.05, 4.69) is 27.6 Å². The van der Waals surface area contributed by atoms with Gasteiger partial charge in [0.2, 0.25) is 0 Å². The van der Waals surface area contributed by atoms with Crippen LogP contribution >= 0.6 is 22.6 Å². The van der Waals surface area contributed by atoms with Crippen LogP contribution in [0.15, 0.2) is 12.1 Å². The van der Waals surface area contributed by atoms with Crippen molar-refractivity contribution in [3.63, 3.8) is 0 Å². The Kier molecular flexibility index (Phi) is 2.48. The number of nitrogens with zero attached hydrogens (tertiary/aromatic N) is 1. The Morgan fingerprint density at radius 2 is 2.30 bits per heavy atom. The third-order valence-corrected chi connectivity index (χ3v) is 2.12. The van der Waals surface area contributed by atoms with Crippen molar-refractivity contribution in [2.45, 2.75) is 11.4 Å². The first kappa shape index (κ1) is 7.78. The summed E-state index contributed by atoms with van der Waals surface area (Å²) in [5.74, 6) is 0.661. The Balaban J connectivity index is 3.07. The molecule has 0 fully saturated rings. The van der Waals surface area contributed by atoms with Crippen LogP contribution in [0.2, 0.25) is 0 Å². The lowest BCUT2D eigenvalue weighted by atomic mass is 10.2. The maximum absolute atomic E-state index is 5.62. The van der Waals surface area contributed by atoms with Gasteiger partial charge >= 0.3 is 0 Å². The number of anilines is 1. The van der Waals surface area contributed by atoms with E-state index in [9.17, 15) is 0 Å². The van der Waals surface area contributed by atoms with Gasteiger partial charge in [0, 0.05) is 15.7 Å². The predicted molar refractivity (Wildman–Crippen MR) is 51.1 cm³/mol. The molecule has 10 heavy (non-hydrogen) atoms. The number of nitrogens with two attached hydrogens (primary N) is 1. The first-order valence-corrected chi connectivity index (χ1v) is 4.54. The average molecular weight is 248 g/mol. The second-order valence-corrected chi connectivity index (χ2v) is 2.89. The van der Waals surface area contributed by atoms with Gasteiger partial charge in [-0.3, -0.25) is 0 Å². The van der Waals surface area contributed by atoms with E-state index in [1.807, 2.05) is 19.1 Å². The van der Waals surface area contributed by atoms with Gasteiger partial charge in [-0.2, -0.15) is 0 Å². The smallest absolute Gasteiger partial charge is 0.127 e. The molecule has 1 heterocycles. The van der Waals surface area contributed by atoms with E-state index < -0.39 is 0 Å². The lowest BCUT2D eigenvalue weighted by molar-refractivity contribution is 1.18. The number of rotatable bonds is 1. The van der Waals surface area contributed by atoms with Gasteiger partial charge in [-0.15, -0.1) is 0 Å². The molecular weight excluding hydrogens is 239 g/mol. The standard InChI is InChI=1S/C7H9IN2/c1-5-2-3-6(4-8)7(9)10-5/h2-3H,4H2,1H3,(H2,9,10). The van der Waals surface area contributed by atoms with Gasteiger partial charge in [0.25, 0.3) is 0 Å². The molecule has 0 aromatic carbocycles. The summed E-state index contributed by atoms with van der Waals surface area (Å²) in [6, 6.07) is 3.99. The number of pyridine rings is 1. The minimum Gasteiger partial charge on any atom is -0.383 e. The Morgan fingerprint density at radius 1 is 1.60 bits per heavy atom. The molecule has 0 saturated carbocycles. The van der Waals surface area contributed by atoms with Crippen molar-refractivity contribution in [1.82, 2.24) is 4.98 Å². The summed E-state index contributed by atoms with van der Waals surface area (Å²) in [7, 11) is 0. The Labute approximate surface area is 74.0 Å². The lowest BCUT2D eigenvalue weighted by Gasteiger charge is -2.00. The van der Waals surface area contributed by atoms with Gasteiger partial charge in [0.1, 0.15) is 5.82 Å². The summed E-state index contributed by atoms with van der Waals surface area (Å²) in [5, 5.41) is 0. The summed E-state index contributed by atoms with van der Waals surface area (Å²) in [4.78, 5) is 4.12. The van der Waals surface area contributed by atoms with E-state index >= 15 is 0 Å². The van der Waals surface area contributed by atoms with Crippen molar-refractivity contribution in [2.75, 3.05) is 5.73 Å². The van der Waals surface area contributed by atoms with Crippen LogP contribution in [0, 0.1) is 6.92 Å². The molecular formula is C7H9IN2. The number of hydrogen-bond acceptors (Lipinski definition) is 2. The Morgan fingerprint density at radius 3 is 2.80 bits per heavy atom. The number of halogens is 1.